The van der Waals surface area contributed by atoms with Crippen molar-refractivity contribution in [1.29, 1.82) is 0 Å². The minimum Gasteiger partial charge on any atom is -0.462 e. The smallest absolute Gasteiger partial charge is 0.338 e. The molecule has 1 amide bonds. The molecule has 0 spiro atoms. The van der Waals surface area contributed by atoms with Crippen molar-refractivity contribution in [2.45, 2.75) is 19.8 Å². The fourth-order valence-electron chi connectivity index (χ4n) is 2.80. The van der Waals surface area contributed by atoms with Gasteiger partial charge in [-0.15, -0.1) is 0 Å². The summed E-state index contributed by atoms with van der Waals surface area (Å²) in [4.78, 5) is 34.8. The molecule has 2 N–H and O–H groups in total. The molecule has 0 bridgehead atoms. The summed E-state index contributed by atoms with van der Waals surface area (Å²) in [6, 6.07) is 15.4. The number of carbonyl (C=O) groups excluding carboxylic acids is 2. The SMILES string of the molecule is CCCCOC(=O)c1ccc(NC(=S)NC(=O)c2ccc(-c3cccc([N+](=O)[O-])c3)o2)cc1. The van der Waals surface area contributed by atoms with E-state index < -0.39 is 16.8 Å². The van der Waals surface area contributed by atoms with Gasteiger partial charge in [-0.2, -0.15) is 0 Å². The van der Waals surface area contributed by atoms with Crippen LogP contribution in [-0.4, -0.2) is 28.5 Å². The summed E-state index contributed by atoms with van der Waals surface area (Å²) in [5, 5.41) is 16.3. The number of nitro groups is 1. The Hall–Kier alpha value is -4.05. The lowest BCUT2D eigenvalue weighted by atomic mass is 10.1. The minimum atomic E-state index is -0.583. The number of benzene rings is 2. The van der Waals surface area contributed by atoms with Gasteiger partial charge >= 0.3 is 5.97 Å². The molecule has 170 valence electrons. The Bertz CT molecular complexity index is 1170. The number of esters is 1. The van der Waals surface area contributed by atoms with Crippen molar-refractivity contribution in [2.75, 3.05) is 11.9 Å². The van der Waals surface area contributed by atoms with Gasteiger partial charge in [0.1, 0.15) is 5.76 Å². The van der Waals surface area contributed by atoms with E-state index in [9.17, 15) is 19.7 Å². The maximum atomic E-state index is 12.4. The average molecular weight is 468 g/mol. The summed E-state index contributed by atoms with van der Waals surface area (Å²) in [7, 11) is 0. The van der Waals surface area contributed by atoms with Gasteiger partial charge in [0.15, 0.2) is 10.9 Å². The second kappa shape index (κ2) is 11.0. The number of hydrogen-bond acceptors (Lipinski definition) is 7. The first kappa shape index (κ1) is 23.6. The molecule has 0 aliphatic heterocycles. The summed E-state index contributed by atoms with van der Waals surface area (Å²) in [5.74, 6) is -0.682. The average Bonchev–Trinajstić information content (AvgIpc) is 3.30. The number of carbonyl (C=O) groups is 2. The molecule has 0 aliphatic rings. The van der Waals surface area contributed by atoms with Crippen LogP contribution in [0.2, 0.25) is 0 Å². The minimum absolute atomic E-state index is 0.00849. The second-order valence-electron chi connectivity index (χ2n) is 6.95. The Kier molecular flexibility index (Phi) is 7.87. The molecular formula is C23H21N3O6S. The highest BCUT2D eigenvalue weighted by Gasteiger charge is 2.15. The van der Waals surface area contributed by atoms with E-state index in [0.717, 1.165) is 12.8 Å². The summed E-state index contributed by atoms with van der Waals surface area (Å²) in [6.07, 6.45) is 1.75. The number of non-ortho nitro benzene ring substituents is 1. The van der Waals surface area contributed by atoms with E-state index in [-0.39, 0.29) is 16.6 Å². The number of nitrogens with one attached hydrogen (secondary N) is 2. The number of rotatable bonds is 8. The van der Waals surface area contributed by atoms with Crippen molar-refractivity contribution in [3.8, 4) is 11.3 Å². The van der Waals surface area contributed by atoms with Crippen molar-refractivity contribution < 1.29 is 23.7 Å². The van der Waals surface area contributed by atoms with Crippen LogP contribution in [0.4, 0.5) is 11.4 Å². The first-order valence-electron chi connectivity index (χ1n) is 10.1. The number of nitro benzene ring substituents is 1. The molecule has 0 aliphatic carbocycles. The first-order valence-corrected chi connectivity index (χ1v) is 10.5. The largest absolute Gasteiger partial charge is 0.462 e. The molecule has 3 rings (SSSR count). The quantitative estimate of drug-likeness (QED) is 0.157. The van der Waals surface area contributed by atoms with Crippen LogP contribution < -0.4 is 10.6 Å². The Balaban J connectivity index is 1.57. The first-order chi connectivity index (χ1) is 15.9. The van der Waals surface area contributed by atoms with Crippen LogP contribution in [0.5, 0.6) is 0 Å². The summed E-state index contributed by atoms with van der Waals surface area (Å²) in [5.41, 5.74) is 1.37. The normalized spacial score (nSPS) is 10.3. The zero-order valence-corrected chi connectivity index (χ0v) is 18.5. The third-order valence-electron chi connectivity index (χ3n) is 4.51. The van der Waals surface area contributed by atoms with Crippen LogP contribution in [0.1, 0.15) is 40.7 Å². The van der Waals surface area contributed by atoms with E-state index in [0.29, 0.717) is 29.2 Å². The second-order valence-corrected chi connectivity index (χ2v) is 7.35. The monoisotopic (exact) mass is 467 g/mol. The predicted molar refractivity (Wildman–Crippen MR) is 126 cm³/mol. The molecule has 0 atom stereocenters. The molecule has 1 heterocycles. The lowest BCUT2D eigenvalue weighted by molar-refractivity contribution is -0.384. The lowest BCUT2D eigenvalue weighted by Crippen LogP contribution is -2.33. The maximum Gasteiger partial charge on any atom is 0.338 e. The van der Waals surface area contributed by atoms with Gasteiger partial charge in [-0.1, -0.05) is 25.5 Å². The lowest BCUT2D eigenvalue weighted by Gasteiger charge is -2.09. The zero-order valence-electron chi connectivity index (χ0n) is 17.7. The molecule has 9 nitrogen and oxygen atoms in total. The number of furan rings is 1. The molecule has 0 saturated carbocycles. The number of thiocarbonyl (C=S) groups is 1. The van der Waals surface area contributed by atoms with E-state index >= 15 is 0 Å². The Labute approximate surface area is 194 Å². The van der Waals surface area contributed by atoms with Gasteiger partial charge in [0.2, 0.25) is 0 Å². The third-order valence-corrected chi connectivity index (χ3v) is 4.71. The van der Waals surface area contributed by atoms with Crippen molar-refractivity contribution >= 4 is 40.6 Å². The molecule has 0 radical (unpaired) electrons. The number of ether oxygens (including phenoxy) is 1. The van der Waals surface area contributed by atoms with Crippen LogP contribution >= 0.6 is 12.2 Å². The summed E-state index contributed by atoms with van der Waals surface area (Å²) >= 11 is 5.16. The van der Waals surface area contributed by atoms with Crippen molar-refractivity contribution in [1.82, 2.24) is 5.32 Å². The molecule has 1 aromatic heterocycles. The molecule has 33 heavy (non-hydrogen) atoms. The number of amides is 1. The number of nitrogens with zero attached hydrogens (tertiary/aromatic N) is 1. The predicted octanol–water partition coefficient (Wildman–Crippen LogP) is 4.94. The maximum absolute atomic E-state index is 12.4. The van der Waals surface area contributed by atoms with Gasteiger partial charge in [0.25, 0.3) is 11.6 Å². The van der Waals surface area contributed by atoms with Crippen LogP contribution in [0.3, 0.4) is 0 Å². The van der Waals surface area contributed by atoms with Crippen LogP contribution in [-0.2, 0) is 4.74 Å². The molecule has 0 saturated heterocycles. The van der Waals surface area contributed by atoms with E-state index in [2.05, 4.69) is 10.6 Å². The highest BCUT2D eigenvalue weighted by Crippen LogP contribution is 2.25. The number of anilines is 1. The Morgan fingerprint density at radius 2 is 1.88 bits per heavy atom. The van der Waals surface area contributed by atoms with E-state index in [1.54, 1.807) is 36.4 Å². The van der Waals surface area contributed by atoms with Crippen molar-refractivity contribution in [2.24, 2.45) is 0 Å². The van der Waals surface area contributed by atoms with Gasteiger partial charge in [-0.25, -0.2) is 4.79 Å². The molecule has 0 unspecified atom stereocenters. The highest BCUT2D eigenvalue weighted by molar-refractivity contribution is 7.80. The zero-order chi connectivity index (χ0) is 23.8. The molecule has 3 aromatic rings. The molecule has 2 aromatic carbocycles. The fourth-order valence-corrected chi connectivity index (χ4v) is 3.01. The highest BCUT2D eigenvalue weighted by atomic mass is 32.1. The van der Waals surface area contributed by atoms with Crippen molar-refractivity contribution in [3.05, 3.63) is 82.1 Å². The molecular weight excluding hydrogens is 446 g/mol. The van der Waals surface area contributed by atoms with E-state index in [1.165, 1.54) is 24.3 Å². The van der Waals surface area contributed by atoms with Crippen LogP contribution in [0.25, 0.3) is 11.3 Å². The molecule has 10 heteroatoms. The van der Waals surface area contributed by atoms with E-state index in [1.807, 2.05) is 6.92 Å². The summed E-state index contributed by atoms with van der Waals surface area (Å²) < 4.78 is 10.7. The Morgan fingerprint density at radius 3 is 2.58 bits per heavy atom. The van der Waals surface area contributed by atoms with Gasteiger partial charge in [0.05, 0.1) is 17.1 Å². The van der Waals surface area contributed by atoms with Crippen LogP contribution in [0.15, 0.2) is 65.1 Å². The fraction of sp³-hybridized carbons (Fsp3) is 0.174. The van der Waals surface area contributed by atoms with Crippen LogP contribution in [0, 0.1) is 10.1 Å². The molecule has 0 fully saturated rings. The Morgan fingerprint density at radius 1 is 1.12 bits per heavy atom. The summed E-state index contributed by atoms with van der Waals surface area (Å²) in [6.45, 7) is 2.39. The van der Waals surface area contributed by atoms with E-state index in [4.69, 9.17) is 21.4 Å². The third kappa shape index (κ3) is 6.47. The van der Waals surface area contributed by atoms with Gasteiger partial charge in [-0.05, 0) is 55.0 Å². The number of unbranched alkanes of at least 4 members (excludes halogenated alkanes) is 1. The van der Waals surface area contributed by atoms with Gasteiger partial charge in [0, 0.05) is 23.4 Å². The van der Waals surface area contributed by atoms with Gasteiger partial charge in [-0.3, -0.25) is 20.2 Å². The topological polar surface area (TPSA) is 124 Å². The van der Waals surface area contributed by atoms with Crippen molar-refractivity contribution in [3.63, 3.8) is 0 Å². The van der Waals surface area contributed by atoms with Gasteiger partial charge < -0.3 is 14.5 Å². The standard InChI is InChI=1S/C23H21N3O6S/c1-2-3-13-31-22(28)15-7-9-17(10-8-15)24-23(33)25-21(27)20-12-11-19(32-20)16-5-4-6-18(14-16)26(29)30/h4-12,14H,2-3,13H2,1H3,(H2,24,25,27,33). The number of hydrogen-bond donors (Lipinski definition) is 2.